The highest BCUT2D eigenvalue weighted by Crippen LogP contribution is 2.03. The van der Waals surface area contributed by atoms with E-state index in [-0.39, 0.29) is 5.91 Å². The summed E-state index contributed by atoms with van der Waals surface area (Å²) in [5.41, 5.74) is 6.41. The lowest BCUT2D eigenvalue weighted by Crippen LogP contribution is -2.30. The molecule has 82 valence electrons. The zero-order chi connectivity index (χ0) is 11.3. The van der Waals surface area contributed by atoms with Gasteiger partial charge in [-0.1, -0.05) is 0 Å². The first-order valence-corrected chi connectivity index (χ1v) is 4.61. The molecule has 0 radical (unpaired) electrons. The summed E-state index contributed by atoms with van der Waals surface area (Å²) in [5, 5.41) is 0. The molecular formula is C10H15N3O2. The lowest BCUT2D eigenvalue weighted by Gasteiger charge is -2.15. The Morgan fingerprint density at radius 2 is 2.33 bits per heavy atom. The molecule has 0 fully saturated rings. The summed E-state index contributed by atoms with van der Waals surface area (Å²) < 4.78 is 4.88. The van der Waals surface area contributed by atoms with Crippen LogP contribution in [0.4, 0.5) is 5.69 Å². The van der Waals surface area contributed by atoms with Gasteiger partial charge in [0.2, 0.25) is 0 Å². The molecule has 1 rings (SSSR count). The van der Waals surface area contributed by atoms with Gasteiger partial charge in [-0.25, -0.2) is 4.98 Å². The van der Waals surface area contributed by atoms with E-state index in [4.69, 9.17) is 10.5 Å². The van der Waals surface area contributed by atoms with E-state index in [1.807, 2.05) is 0 Å². The molecule has 0 aliphatic carbocycles. The van der Waals surface area contributed by atoms with Crippen LogP contribution in [0.25, 0.3) is 0 Å². The Labute approximate surface area is 88.9 Å². The molecular weight excluding hydrogens is 194 g/mol. The number of carbonyl (C=O) groups is 1. The minimum Gasteiger partial charge on any atom is -0.397 e. The monoisotopic (exact) mass is 209 g/mol. The molecule has 0 saturated heterocycles. The molecule has 15 heavy (non-hydrogen) atoms. The number of methoxy groups -OCH3 is 1. The molecule has 5 nitrogen and oxygen atoms in total. The fourth-order valence-corrected chi connectivity index (χ4v) is 1.06. The summed E-state index contributed by atoms with van der Waals surface area (Å²) in [6.45, 7) is 1.05. The number of aromatic nitrogens is 1. The summed E-state index contributed by atoms with van der Waals surface area (Å²) in [4.78, 5) is 17.2. The van der Waals surface area contributed by atoms with E-state index in [2.05, 4.69) is 4.98 Å². The van der Waals surface area contributed by atoms with Crippen LogP contribution in [0, 0.1) is 0 Å². The van der Waals surface area contributed by atoms with Gasteiger partial charge >= 0.3 is 0 Å². The Kier molecular flexibility index (Phi) is 4.05. The van der Waals surface area contributed by atoms with Crippen molar-refractivity contribution >= 4 is 11.6 Å². The average molecular weight is 209 g/mol. The zero-order valence-electron chi connectivity index (χ0n) is 8.93. The first kappa shape index (κ1) is 11.5. The highest BCUT2D eigenvalue weighted by atomic mass is 16.5. The molecule has 1 aromatic rings. The topological polar surface area (TPSA) is 68.5 Å². The fraction of sp³-hybridized carbons (Fsp3) is 0.400. The quantitative estimate of drug-likeness (QED) is 0.778. The Morgan fingerprint density at radius 1 is 1.60 bits per heavy atom. The molecule has 5 heteroatoms. The molecule has 2 N–H and O–H groups in total. The first-order valence-electron chi connectivity index (χ1n) is 4.61. The van der Waals surface area contributed by atoms with Crippen LogP contribution in [-0.2, 0) is 4.74 Å². The Morgan fingerprint density at radius 3 is 2.87 bits per heavy atom. The van der Waals surface area contributed by atoms with Gasteiger partial charge in [-0.15, -0.1) is 0 Å². The molecule has 1 aromatic heterocycles. The fourth-order valence-electron chi connectivity index (χ4n) is 1.06. The van der Waals surface area contributed by atoms with Crippen LogP contribution in [0.2, 0.25) is 0 Å². The normalized spacial score (nSPS) is 10.0. The summed E-state index contributed by atoms with van der Waals surface area (Å²) in [6.07, 6.45) is 1.47. The summed E-state index contributed by atoms with van der Waals surface area (Å²) in [7, 11) is 3.30. The summed E-state index contributed by atoms with van der Waals surface area (Å²) >= 11 is 0. The number of likely N-dealkylation sites (N-methyl/N-ethyl adjacent to an activating group) is 1. The Bertz CT molecular complexity index is 324. The van der Waals surface area contributed by atoms with Crippen LogP contribution in [-0.4, -0.2) is 43.1 Å². The van der Waals surface area contributed by atoms with E-state index >= 15 is 0 Å². The summed E-state index contributed by atoms with van der Waals surface area (Å²) in [6, 6.07) is 3.27. The number of carbonyl (C=O) groups excluding carboxylic acids is 1. The van der Waals surface area contributed by atoms with Crippen molar-refractivity contribution in [1.82, 2.24) is 9.88 Å². The van der Waals surface area contributed by atoms with E-state index in [9.17, 15) is 4.79 Å². The van der Waals surface area contributed by atoms with Crippen molar-refractivity contribution < 1.29 is 9.53 Å². The molecule has 0 bridgehead atoms. The highest BCUT2D eigenvalue weighted by molar-refractivity contribution is 5.92. The highest BCUT2D eigenvalue weighted by Gasteiger charge is 2.11. The molecule has 0 saturated carbocycles. The van der Waals surface area contributed by atoms with Crippen LogP contribution >= 0.6 is 0 Å². The second kappa shape index (κ2) is 5.31. The number of ether oxygens (including phenoxy) is 1. The van der Waals surface area contributed by atoms with E-state index in [1.165, 1.54) is 6.20 Å². The Hall–Kier alpha value is -1.62. The van der Waals surface area contributed by atoms with Crippen molar-refractivity contribution in [2.24, 2.45) is 0 Å². The van der Waals surface area contributed by atoms with Crippen molar-refractivity contribution in [2.75, 3.05) is 33.0 Å². The molecule has 0 aromatic carbocycles. The van der Waals surface area contributed by atoms with Gasteiger partial charge in [-0.2, -0.15) is 0 Å². The van der Waals surface area contributed by atoms with Gasteiger partial charge in [0.25, 0.3) is 5.91 Å². The SMILES string of the molecule is COCCN(C)C(=O)c1ccc(N)cn1. The molecule has 0 unspecified atom stereocenters. The smallest absolute Gasteiger partial charge is 0.272 e. The van der Waals surface area contributed by atoms with Crippen molar-refractivity contribution in [3.8, 4) is 0 Å². The largest absolute Gasteiger partial charge is 0.397 e. The van der Waals surface area contributed by atoms with Gasteiger partial charge in [-0.3, -0.25) is 4.79 Å². The van der Waals surface area contributed by atoms with E-state index in [1.54, 1.807) is 31.2 Å². The molecule has 0 aliphatic heterocycles. The molecule has 0 aliphatic rings. The van der Waals surface area contributed by atoms with Crippen molar-refractivity contribution in [3.63, 3.8) is 0 Å². The maximum atomic E-state index is 11.7. The third kappa shape index (κ3) is 3.21. The molecule has 0 atom stereocenters. The Balaban J connectivity index is 2.63. The first-order chi connectivity index (χ1) is 7.15. The number of hydrogen-bond donors (Lipinski definition) is 1. The molecule has 0 spiro atoms. The lowest BCUT2D eigenvalue weighted by atomic mass is 10.3. The third-order valence-electron chi connectivity index (χ3n) is 1.98. The lowest BCUT2D eigenvalue weighted by molar-refractivity contribution is 0.0738. The predicted molar refractivity (Wildman–Crippen MR) is 57.5 cm³/mol. The minimum absolute atomic E-state index is 0.132. The van der Waals surface area contributed by atoms with Crippen molar-refractivity contribution in [1.29, 1.82) is 0 Å². The maximum absolute atomic E-state index is 11.7. The standard InChI is InChI=1S/C10H15N3O2/c1-13(5-6-15-2)10(14)9-4-3-8(11)7-12-9/h3-4,7H,5-6,11H2,1-2H3. The van der Waals surface area contributed by atoms with Gasteiger partial charge in [0.1, 0.15) is 5.69 Å². The van der Waals surface area contributed by atoms with Crippen LogP contribution in [0.15, 0.2) is 18.3 Å². The number of nitrogen functional groups attached to an aromatic ring is 1. The van der Waals surface area contributed by atoms with Crippen LogP contribution in [0.3, 0.4) is 0 Å². The number of nitrogens with zero attached hydrogens (tertiary/aromatic N) is 2. The van der Waals surface area contributed by atoms with E-state index in [0.29, 0.717) is 24.5 Å². The van der Waals surface area contributed by atoms with Gasteiger partial charge in [0, 0.05) is 20.7 Å². The van der Waals surface area contributed by atoms with Gasteiger partial charge in [0.05, 0.1) is 18.5 Å². The van der Waals surface area contributed by atoms with Gasteiger partial charge in [-0.05, 0) is 12.1 Å². The third-order valence-corrected chi connectivity index (χ3v) is 1.98. The second-order valence-electron chi connectivity index (χ2n) is 3.20. The summed E-state index contributed by atoms with van der Waals surface area (Å²) in [5.74, 6) is -0.132. The van der Waals surface area contributed by atoms with E-state index in [0.717, 1.165) is 0 Å². The number of hydrogen-bond acceptors (Lipinski definition) is 4. The minimum atomic E-state index is -0.132. The van der Waals surface area contributed by atoms with Crippen LogP contribution in [0.1, 0.15) is 10.5 Å². The number of amides is 1. The molecule has 1 heterocycles. The van der Waals surface area contributed by atoms with Crippen LogP contribution < -0.4 is 5.73 Å². The zero-order valence-corrected chi connectivity index (χ0v) is 8.93. The van der Waals surface area contributed by atoms with Crippen molar-refractivity contribution in [2.45, 2.75) is 0 Å². The maximum Gasteiger partial charge on any atom is 0.272 e. The van der Waals surface area contributed by atoms with Crippen molar-refractivity contribution in [3.05, 3.63) is 24.0 Å². The second-order valence-corrected chi connectivity index (χ2v) is 3.20. The predicted octanol–water partition coefficient (Wildman–Crippen LogP) is 0.382. The van der Waals surface area contributed by atoms with Crippen LogP contribution in [0.5, 0.6) is 0 Å². The number of pyridine rings is 1. The molecule has 1 amide bonds. The van der Waals surface area contributed by atoms with Gasteiger partial charge < -0.3 is 15.4 Å². The number of nitrogens with two attached hydrogens (primary N) is 1. The average Bonchev–Trinajstić information content (AvgIpc) is 2.26. The van der Waals surface area contributed by atoms with E-state index < -0.39 is 0 Å². The number of anilines is 1. The number of rotatable bonds is 4. The van der Waals surface area contributed by atoms with Gasteiger partial charge in [0.15, 0.2) is 0 Å².